The quantitative estimate of drug-likeness (QED) is 0.207. The SMILES string of the molecule is C=CCOC1(c2cccc(Br)c2)O[C@H](CO[Si](c2ccccc2)(c2ccccc2)C(C)(C)C)[C@H]2OC(C)(C)O[C@H]21. The number of rotatable bonds is 9. The van der Waals surface area contributed by atoms with Crippen molar-refractivity contribution in [2.75, 3.05) is 13.2 Å². The first-order chi connectivity index (χ1) is 19.0. The Hall–Kier alpha value is -2.10. The van der Waals surface area contributed by atoms with Gasteiger partial charge in [0, 0.05) is 10.0 Å². The summed E-state index contributed by atoms with van der Waals surface area (Å²) in [7, 11) is -2.80. The highest BCUT2D eigenvalue weighted by Gasteiger charge is 2.65. The third-order valence-corrected chi connectivity index (χ3v) is 13.2. The van der Waals surface area contributed by atoms with Crippen LogP contribution in [0.1, 0.15) is 40.2 Å². The summed E-state index contributed by atoms with van der Waals surface area (Å²) in [6.07, 6.45) is 0.407. The van der Waals surface area contributed by atoms with Gasteiger partial charge >= 0.3 is 0 Å². The van der Waals surface area contributed by atoms with E-state index in [-0.39, 0.29) is 5.04 Å². The zero-order valence-corrected chi connectivity index (χ0v) is 26.5. The second-order valence-corrected chi connectivity index (χ2v) is 17.2. The minimum absolute atomic E-state index is 0.166. The second-order valence-electron chi connectivity index (χ2n) is 11.9. The molecule has 2 aliphatic heterocycles. The van der Waals surface area contributed by atoms with Gasteiger partial charge in [0.15, 0.2) is 5.79 Å². The van der Waals surface area contributed by atoms with Crippen LogP contribution in [0.4, 0.5) is 0 Å². The van der Waals surface area contributed by atoms with Crippen LogP contribution in [0.2, 0.25) is 5.04 Å². The van der Waals surface area contributed by atoms with Crippen LogP contribution in [0.15, 0.2) is 102 Å². The number of hydrogen-bond donors (Lipinski definition) is 0. The van der Waals surface area contributed by atoms with Gasteiger partial charge in [0.25, 0.3) is 8.32 Å². The van der Waals surface area contributed by atoms with Gasteiger partial charge < -0.3 is 23.4 Å². The van der Waals surface area contributed by atoms with Gasteiger partial charge in [-0.2, -0.15) is 0 Å². The van der Waals surface area contributed by atoms with E-state index < -0.39 is 38.2 Å². The Morgan fingerprint density at radius 1 is 0.900 bits per heavy atom. The van der Waals surface area contributed by atoms with E-state index in [2.05, 4.69) is 104 Å². The highest BCUT2D eigenvalue weighted by Crippen LogP contribution is 2.50. The van der Waals surface area contributed by atoms with Gasteiger partial charge in [-0.3, -0.25) is 0 Å². The predicted molar refractivity (Wildman–Crippen MR) is 164 cm³/mol. The molecule has 2 aliphatic rings. The zero-order chi connectivity index (χ0) is 28.6. The molecule has 2 saturated heterocycles. The summed E-state index contributed by atoms with van der Waals surface area (Å²) in [4.78, 5) is 0. The number of hydrogen-bond acceptors (Lipinski definition) is 5. The summed E-state index contributed by atoms with van der Waals surface area (Å²) in [6, 6.07) is 29.2. The van der Waals surface area contributed by atoms with E-state index in [9.17, 15) is 0 Å². The lowest BCUT2D eigenvalue weighted by atomic mass is 9.97. The van der Waals surface area contributed by atoms with Gasteiger partial charge in [0.1, 0.15) is 18.3 Å². The monoisotopic (exact) mass is 622 g/mol. The maximum absolute atomic E-state index is 7.28. The van der Waals surface area contributed by atoms with Gasteiger partial charge in [-0.15, -0.1) is 6.58 Å². The lowest BCUT2D eigenvalue weighted by Gasteiger charge is -2.43. The van der Waals surface area contributed by atoms with Crippen LogP contribution in [0, 0.1) is 0 Å². The fraction of sp³-hybridized carbons (Fsp3) is 0.394. The summed E-state index contributed by atoms with van der Waals surface area (Å²) in [5.41, 5.74) is 0.855. The molecule has 0 aliphatic carbocycles. The van der Waals surface area contributed by atoms with Crippen molar-refractivity contribution in [3.05, 3.63) is 108 Å². The van der Waals surface area contributed by atoms with E-state index in [0.717, 1.165) is 10.0 Å². The Morgan fingerprint density at radius 2 is 1.52 bits per heavy atom. The fourth-order valence-corrected chi connectivity index (χ4v) is 11.1. The standard InChI is InChI=1S/C33H39BrO5Si/c1-7-21-35-33(24-15-14-16-25(34)22-24)30-29(38-32(5,6)39-30)28(37-33)23-36-40(31(2,3)4,26-17-10-8-11-18-26)27-19-12-9-13-20-27/h7-20,22,28-30H,1,21,23H2,2-6H3/t28-,29-,30-,33?/m1/s1. The van der Waals surface area contributed by atoms with Crippen LogP contribution in [-0.2, 0) is 29.2 Å². The maximum Gasteiger partial charge on any atom is 0.261 e. The molecular formula is C33H39BrO5Si. The van der Waals surface area contributed by atoms with Gasteiger partial charge in [-0.25, -0.2) is 0 Å². The molecule has 0 saturated carbocycles. The van der Waals surface area contributed by atoms with Crippen molar-refractivity contribution in [2.45, 2.75) is 69.5 Å². The molecule has 3 aromatic carbocycles. The minimum atomic E-state index is -2.80. The Bertz CT molecular complexity index is 1270. The van der Waals surface area contributed by atoms with Crippen molar-refractivity contribution in [3.63, 3.8) is 0 Å². The average molecular weight is 624 g/mol. The van der Waals surface area contributed by atoms with Crippen LogP contribution in [0.3, 0.4) is 0 Å². The summed E-state index contributed by atoms with van der Waals surface area (Å²) in [5, 5.41) is 2.27. The fourth-order valence-electron chi connectivity index (χ4n) is 6.13. The molecule has 0 spiro atoms. The number of benzene rings is 3. The Kier molecular flexibility index (Phi) is 8.29. The Morgan fingerprint density at radius 3 is 2.08 bits per heavy atom. The van der Waals surface area contributed by atoms with E-state index in [1.54, 1.807) is 6.08 Å². The molecule has 0 aromatic heterocycles. The van der Waals surface area contributed by atoms with Crippen LogP contribution in [0.5, 0.6) is 0 Å². The first-order valence-corrected chi connectivity index (χ1v) is 16.5. The summed E-state index contributed by atoms with van der Waals surface area (Å²) < 4.78 is 34.6. The molecule has 5 nitrogen and oxygen atoms in total. The lowest BCUT2D eigenvalue weighted by Crippen LogP contribution is -2.67. The van der Waals surface area contributed by atoms with Crippen LogP contribution in [-0.4, -0.2) is 45.6 Å². The van der Waals surface area contributed by atoms with Gasteiger partial charge in [-0.1, -0.05) is 116 Å². The maximum atomic E-state index is 7.28. The van der Waals surface area contributed by atoms with Crippen molar-refractivity contribution in [1.29, 1.82) is 0 Å². The molecule has 0 amide bonds. The molecule has 1 unspecified atom stereocenters. The highest BCUT2D eigenvalue weighted by molar-refractivity contribution is 9.10. The lowest BCUT2D eigenvalue weighted by molar-refractivity contribution is -0.299. The molecule has 0 bridgehead atoms. The van der Waals surface area contributed by atoms with E-state index in [0.29, 0.717) is 13.2 Å². The predicted octanol–water partition coefficient (Wildman–Crippen LogP) is 6.30. The Labute approximate surface area is 247 Å². The molecule has 0 radical (unpaired) electrons. The number of halogens is 1. The minimum Gasteiger partial charge on any atom is -0.405 e. The first kappa shape index (κ1) is 29.4. The zero-order valence-electron chi connectivity index (χ0n) is 23.9. The topological polar surface area (TPSA) is 46.2 Å². The van der Waals surface area contributed by atoms with Crippen molar-refractivity contribution in [2.24, 2.45) is 0 Å². The molecule has 0 N–H and O–H groups in total. The van der Waals surface area contributed by atoms with Crippen LogP contribution >= 0.6 is 15.9 Å². The van der Waals surface area contributed by atoms with E-state index >= 15 is 0 Å². The molecule has 2 fully saturated rings. The van der Waals surface area contributed by atoms with Crippen molar-refractivity contribution in [1.82, 2.24) is 0 Å². The molecule has 7 heteroatoms. The van der Waals surface area contributed by atoms with Gasteiger partial charge in [-0.05, 0) is 41.4 Å². The molecule has 4 atom stereocenters. The molecular weight excluding hydrogens is 584 g/mol. The second kappa shape index (κ2) is 11.3. The number of ether oxygens (including phenoxy) is 4. The average Bonchev–Trinajstić information content (AvgIpc) is 3.40. The third-order valence-electron chi connectivity index (χ3n) is 7.72. The van der Waals surface area contributed by atoms with E-state index in [1.807, 2.05) is 38.1 Å². The molecule has 5 rings (SSSR count). The van der Waals surface area contributed by atoms with Crippen LogP contribution < -0.4 is 10.4 Å². The Balaban J connectivity index is 1.57. The van der Waals surface area contributed by atoms with E-state index in [4.69, 9.17) is 23.4 Å². The van der Waals surface area contributed by atoms with Crippen LogP contribution in [0.25, 0.3) is 0 Å². The van der Waals surface area contributed by atoms with Crippen molar-refractivity contribution < 1.29 is 23.4 Å². The third kappa shape index (κ3) is 5.29. The van der Waals surface area contributed by atoms with Crippen molar-refractivity contribution >= 4 is 34.6 Å². The summed E-state index contributed by atoms with van der Waals surface area (Å²) in [5.74, 6) is -1.99. The first-order valence-electron chi connectivity index (χ1n) is 13.8. The number of fused-ring (bicyclic) bond motifs is 1. The smallest absolute Gasteiger partial charge is 0.261 e. The molecule has 2 heterocycles. The molecule has 3 aromatic rings. The normalized spacial score (nSPS) is 26.0. The van der Waals surface area contributed by atoms with E-state index in [1.165, 1.54) is 10.4 Å². The highest BCUT2D eigenvalue weighted by atomic mass is 79.9. The molecule has 212 valence electrons. The summed E-state index contributed by atoms with van der Waals surface area (Å²) in [6.45, 7) is 15.2. The van der Waals surface area contributed by atoms with Gasteiger partial charge in [0.2, 0.25) is 5.79 Å². The molecule has 40 heavy (non-hydrogen) atoms. The largest absolute Gasteiger partial charge is 0.405 e. The summed E-state index contributed by atoms with van der Waals surface area (Å²) >= 11 is 3.62. The van der Waals surface area contributed by atoms with Gasteiger partial charge in [0.05, 0.1) is 13.2 Å². The van der Waals surface area contributed by atoms with Crippen molar-refractivity contribution in [3.8, 4) is 0 Å².